The Morgan fingerprint density at radius 2 is 1.82 bits per heavy atom. The third-order valence-corrected chi connectivity index (χ3v) is 1.88. The number of anilines is 1. The molecule has 0 N–H and O–H groups in total. The predicted molar refractivity (Wildman–Crippen MR) is 54.1 cm³/mol. The average Bonchev–Trinajstić information content (AvgIpc) is 2.18. The van der Waals surface area contributed by atoms with Gasteiger partial charge in [0.15, 0.2) is 11.5 Å². The molecule has 96 valence electrons. The van der Waals surface area contributed by atoms with E-state index in [0.29, 0.717) is 5.69 Å². The van der Waals surface area contributed by atoms with E-state index >= 15 is 0 Å². The van der Waals surface area contributed by atoms with E-state index < -0.39 is 19.0 Å². The van der Waals surface area contributed by atoms with E-state index in [1.165, 1.54) is 12.1 Å². The number of alkyl halides is 4. The van der Waals surface area contributed by atoms with E-state index in [9.17, 15) is 17.6 Å². The summed E-state index contributed by atoms with van der Waals surface area (Å²) < 4.78 is 56.5. The molecule has 0 aliphatic rings. The Balaban J connectivity index is 3.06. The maximum absolute atomic E-state index is 12.1. The number of hydrogen-bond donors (Lipinski definition) is 0. The highest BCUT2D eigenvalue weighted by Gasteiger charge is 2.32. The van der Waals surface area contributed by atoms with Gasteiger partial charge in [0.2, 0.25) is 6.86 Å². The molecular formula is C10H11F4NO2. The van der Waals surface area contributed by atoms with Gasteiger partial charge in [-0.25, -0.2) is 4.39 Å². The Kier molecular flexibility index (Phi) is 4.03. The van der Waals surface area contributed by atoms with Crippen molar-refractivity contribution < 1.29 is 27.0 Å². The summed E-state index contributed by atoms with van der Waals surface area (Å²) in [7, 11) is 3.31. The van der Waals surface area contributed by atoms with Crippen LogP contribution in [0.3, 0.4) is 0 Å². The molecule has 1 aromatic carbocycles. The van der Waals surface area contributed by atoms with Gasteiger partial charge in [0.25, 0.3) is 0 Å². The van der Waals surface area contributed by atoms with E-state index in [4.69, 9.17) is 0 Å². The summed E-state index contributed by atoms with van der Waals surface area (Å²) in [6.45, 7) is -1.23. The molecule has 0 aliphatic heterocycles. The highest BCUT2D eigenvalue weighted by atomic mass is 19.4. The Labute approximate surface area is 95.5 Å². The molecule has 1 rings (SSSR count). The van der Waals surface area contributed by atoms with Crippen LogP contribution in [-0.2, 0) is 0 Å². The lowest BCUT2D eigenvalue weighted by Crippen LogP contribution is -2.18. The molecule has 0 aliphatic carbocycles. The van der Waals surface area contributed by atoms with Crippen LogP contribution in [-0.4, -0.2) is 27.3 Å². The summed E-state index contributed by atoms with van der Waals surface area (Å²) in [6, 6.07) is 3.84. The molecule has 0 spiro atoms. The first kappa shape index (κ1) is 13.4. The maximum Gasteiger partial charge on any atom is 0.573 e. The van der Waals surface area contributed by atoms with Crippen molar-refractivity contribution in [2.45, 2.75) is 6.36 Å². The average molecular weight is 253 g/mol. The number of rotatable bonds is 4. The van der Waals surface area contributed by atoms with Gasteiger partial charge >= 0.3 is 6.36 Å². The minimum absolute atomic E-state index is 0.296. The van der Waals surface area contributed by atoms with Crippen LogP contribution in [0.5, 0.6) is 11.5 Å². The zero-order valence-electron chi connectivity index (χ0n) is 9.21. The summed E-state index contributed by atoms with van der Waals surface area (Å²) in [5.41, 5.74) is 0.482. The Bertz CT molecular complexity index is 379. The molecule has 0 aromatic heterocycles. The van der Waals surface area contributed by atoms with Crippen LogP contribution in [0.2, 0.25) is 0 Å². The van der Waals surface area contributed by atoms with E-state index in [1.54, 1.807) is 19.0 Å². The topological polar surface area (TPSA) is 21.7 Å². The normalized spacial score (nSPS) is 11.2. The summed E-state index contributed by atoms with van der Waals surface area (Å²) in [4.78, 5) is 1.59. The molecule has 0 heterocycles. The zero-order chi connectivity index (χ0) is 13.1. The largest absolute Gasteiger partial charge is 0.573 e. The van der Waals surface area contributed by atoms with Gasteiger partial charge in [-0.15, -0.1) is 13.2 Å². The van der Waals surface area contributed by atoms with Crippen LogP contribution in [0.4, 0.5) is 23.2 Å². The van der Waals surface area contributed by atoms with Gasteiger partial charge < -0.3 is 14.4 Å². The van der Waals surface area contributed by atoms with Crippen molar-refractivity contribution in [3.05, 3.63) is 18.2 Å². The van der Waals surface area contributed by atoms with Crippen molar-refractivity contribution in [1.82, 2.24) is 0 Å². The quantitative estimate of drug-likeness (QED) is 0.770. The molecule has 0 unspecified atom stereocenters. The molecule has 1 aromatic rings. The summed E-state index contributed by atoms with van der Waals surface area (Å²) in [5.74, 6) is -0.864. The first-order valence-corrected chi connectivity index (χ1v) is 4.59. The lowest BCUT2D eigenvalue weighted by atomic mass is 10.2. The highest BCUT2D eigenvalue weighted by Crippen LogP contribution is 2.35. The lowest BCUT2D eigenvalue weighted by molar-refractivity contribution is -0.275. The summed E-state index contributed by atoms with van der Waals surface area (Å²) in [6.07, 6.45) is -4.85. The van der Waals surface area contributed by atoms with Crippen molar-refractivity contribution in [1.29, 1.82) is 0 Å². The molecule has 0 atom stereocenters. The molecule has 7 heteroatoms. The third kappa shape index (κ3) is 4.01. The van der Waals surface area contributed by atoms with Gasteiger partial charge in [-0.1, -0.05) is 0 Å². The van der Waals surface area contributed by atoms with Crippen molar-refractivity contribution in [3.8, 4) is 11.5 Å². The van der Waals surface area contributed by atoms with Gasteiger partial charge in [0.05, 0.1) is 0 Å². The number of hydrogen-bond acceptors (Lipinski definition) is 3. The maximum atomic E-state index is 12.1. The van der Waals surface area contributed by atoms with Crippen LogP contribution in [0.1, 0.15) is 0 Å². The van der Waals surface area contributed by atoms with Gasteiger partial charge in [0, 0.05) is 25.8 Å². The van der Waals surface area contributed by atoms with E-state index in [-0.39, 0.29) is 5.75 Å². The molecular weight excluding hydrogens is 242 g/mol. The Morgan fingerprint density at radius 1 is 1.18 bits per heavy atom. The van der Waals surface area contributed by atoms with Crippen LogP contribution in [0.25, 0.3) is 0 Å². The van der Waals surface area contributed by atoms with E-state index in [2.05, 4.69) is 9.47 Å². The fourth-order valence-electron chi connectivity index (χ4n) is 1.16. The summed E-state index contributed by atoms with van der Waals surface area (Å²) in [5, 5.41) is 0. The molecule has 17 heavy (non-hydrogen) atoms. The fourth-order valence-corrected chi connectivity index (χ4v) is 1.16. The molecule has 0 fully saturated rings. The third-order valence-electron chi connectivity index (χ3n) is 1.88. The standard InChI is InChI=1S/C10H11F4NO2/c1-15(2)7-3-4-8(16-6-11)9(5-7)17-10(12,13)14/h3-5H,6H2,1-2H3. The Hall–Kier alpha value is -1.66. The van der Waals surface area contributed by atoms with Crippen molar-refractivity contribution in [2.24, 2.45) is 0 Å². The first-order chi connectivity index (χ1) is 7.83. The second-order valence-corrected chi connectivity index (χ2v) is 3.33. The Morgan fingerprint density at radius 3 is 2.29 bits per heavy atom. The summed E-state index contributed by atoms with van der Waals surface area (Å²) >= 11 is 0. The van der Waals surface area contributed by atoms with Crippen LogP contribution < -0.4 is 14.4 Å². The molecule has 0 amide bonds. The highest BCUT2D eigenvalue weighted by molar-refractivity contribution is 5.55. The zero-order valence-corrected chi connectivity index (χ0v) is 9.21. The predicted octanol–water partition coefficient (Wildman–Crippen LogP) is 2.96. The fraction of sp³-hybridized carbons (Fsp3) is 0.400. The number of nitrogens with zero attached hydrogens (tertiary/aromatic N) is 1. The monoisotopic (exact) mass is 253 g/mol. The van der Waals surface area contributed by atoms with Crippen LogP contribution in [0, 0.1) is 0 Å². The van der Waals surface area contributed by atoms with Gasteiger partial charge in [-0.2, -0.15) is 0 Å². The second kappa shape index (κ2) is 5.11. The van der Waals surface area contributed by atoms with Crippen molar-refractivity contribution in [3.63, 3.8) is 0 Å². The lowest BCUT2D eigenvalue weighted by Gasteiger charge is -2.17. The minimum atomic E-state index is -4.85. The second-order valence-electron chi connectivity index (χ2n) is 3.33. The first-order valence-electron chi connectivity index (χ1n) is 4.59. The van der Waals surface area contributed by atoms with Gasteiger partial charge in [-0.05, 0) is 12.1 Å². The van der Waals surface area contributed by atoms with Crippen LogP contribution >= 0.6 is 0 Å². The molecule has 3 nitrogen and oxygen atoms in total. The number of halogens is 4. The van der Waals surface area contributed by atoms with E-state index in [0.717, 1.165) is 6.07 Å². The molecule has 0 radical (unpaired) electrons. The molecule has 0 bridgehead atoms. The van der Waals surface area contributed by atoms with Gasteiger partial charge in [-0.3, -0.25) is 0 Å². The van der Waals surface area contributed by atoms with Crippen molar-refractivity contribution >= 4 is 5.69 Å². The van der Waals surface area contributed by atoms with Gasteiger partial charge in [0.1, 0.15) is 0 Å². The molecule has 0 saturated carbocycles. The minimum Gasteiger partial charge on any atom is -0.459 e. The van der Waals surface area contributed by atoms with E-state index in [1.807, 2.05) is 0 Å². The number of ether oxygens (including phenoxy) is 2. The SMILES string of the molecule is CN(C)c1ccc(OCF)c(OC(F)(F)F)c1. The molecule has 0 saturated heterocycles. The smallest absolute Gasteiger partial charge is 0.459 e. The van der Waals surface area contributed by atoms with Crippen LogP contribution in [0.15, 0.2) is 18.2 Å². The number of benzene rings is 1. The van der Waals surface area contributed by atoms with Crippen molar-refractivity contribution in [2.75, 3.05) is 25.9 Å².